The first kappa shape index (κ1) is 21.2. The summed E-state index contributed by atoms with van der Waals surface area (Å²) in [4.78, 5) is 13.8. The van der Waals surface area contributed by atoms with Crippen molar-refractivity contribution >= 4 is 34.4 Å². The molecule has 0 spiro atoms. The fourth-order valence-corrected chi connectivity index (χ4v) is 3.42. The van der Waals surface area contributed by atoms with Crippen LogP contribution in [0.15, 0.2) is 60.3 Å². The van der Waals surface area contributed by atoms with Crippen LogP contribution in [-0.2, 0) is 11.3 Å². The van der Waals surface area contributed by atoms with Gasteiger partial charge in [-0.05, 0) is 29.8 Å². The van der Waals surface area contributed by atoms with Gasteiger partial charge in [-0.15, -0.1) is 0 Å². The van der Waals surface area contributed by atoms with Crippen LogP contribution < -0.4 is 9.47 Å². The number of ether oxygens (including phenoxy) is 2. The van der Waals surface area contributed by atoms with Gasteiger partial charge in [0.05, 0.1) is 20.8 Å². The molecule has 1 amide bonds. The first-order valence-electron chi connectivity index (χ1n) is 9.26. The van der Waals surface area contributed by atoms with Gasteiger partial charge in [0.15, 0.2) is 0 Å². The third kappa shape index (κ3) is 4.40. The minimum atomic E-state index is -0.246. The van der Waals surface area contributed by atoms with Crippen LogP contribution in [0.5, 0.6) is 11.5 Å². The summed E-state index contributed by atoms with van der Waals surface area (Å²) in [6.07, 6.45) is 1.64. The molecule has 5 nitrogen and oxygen atoms in total. The number of allylic oxidation sites excluding steroid dienone is 1. The Morgan fingerprint density at radius 2 is 1.77 bits per heavy atom. The summed E-state index contributed by atoms with van der Waals surface area (Å²) in [6, 6.07) is 18.8. The van der Waals surface area contributed by atoms with Gasteiger partial charge in [0.2, 0.25) is 5.91 Å². The molecule has 0 aliphatic heterocycles. The molecule has 0 atom stereocenters. The zero-order chi connectivity index (χ0) is 21.7. The Balaban J connectivity index is 2.11. The molecular weight excluding hydrogens is 400 g/mol. The third-order valence-electron chi connectivity index (χ3n) is 4.74. The van der Waals surface area contributed by atoms with Gasteiger partial charge in [0, 0.05) is 28.3 Å². The van der Waals surface area contributed by atoms with E-state index in [2.05, 4.69) is 6.07 Å². The fraction of sp³-hybridized carbons (Fsp3) is 0.167. The molecule has 30 heavy (non-hydrogen) atoms. The van der Waals surface area contributed by atoms with Crippen LogP contribution in [0.2, 0.25) is 5.02 Å². The van der Waals surface area contributed by atoms with Gasteiger partial charge in [-0.25, -0.2) is 0 Å². The Hall–Kier alpha value is -3.49. The molecule has 0 saturated carbocycles. The highest BCUT2D eigenvalue weighted by molar-refractivity contribution is 6.30. The average molecular weight is 421 g/mol. The van der Waals surface area contributed by atoms with Crippen molar-refractivity contribution < 1.29 is 14.3 Å². The highest BCUT2D eigenvalue weighted by Gasteiger charge is 2.18. The van der Waals surface area contributed by atoms with Crippen molar-refractivity contribution in [2.24, 2.45) is 0 Å². The van der Waals surface area contributed by atoms with Crippen molar-refractivity contribution in [1.82, 2.24) is 4.90 Å². The number of methoxy groups -OCH3 is 2. The molecule has 3 aromatic rings. The van der Waals surface area contributed by atoms with Gasteiger partial charge >= 0.3 is 0 Å². The van der Waals surface area contributed by atoms with E-state index >= 15 is 0 Å². The SMILES string of the molecule is COc1cc(/C=C(/C#N)N(Cc2ccc(Cl)cc2)C(C)=O)c(OC)c2ccccc12. The molecule has 0 aliphatic carbocycles. The van der Waals surface area contributed by atoms with Crippen molar-refractivity contribution in [2.45, 2.75) is 13.5 Å². The summed E-state index contributed by atoms with van der Waals surface area (Å²) >= 11 is 5.95. The van der Waals surface area contributed by atoms with E-state index in [0.29, 0.717) is 22.1 Å². The summed E-state index contributed by atoms with van der Waals surface area (Å²) in [7, 11) is 3.17. The largest absolute Gasteiger partial charge is 0.496 e. The molecule has 0 heterocycles. The first-order chi connectivity index (χ1) is 14.5. The van der Waals surface area contributed by atoms with Gasteiger partial charge < -0.3 is 9.47 Å². The summed E-state index contributed by atoms with van der Waals surface area (Å²) in [5.41, 5.74) is 1.71. The van der Waals surface area contributed by atoms with E-state index in [-0.39, 0.29) is 18.1 Å². The monoisotopic (exact) mass is 420 g/mol. The number of hydrogen-bond acceptors (Lipinski definition) is 4. The lowest BCUT2D eigenvalue weighted by Crippen LogP contribution is -2.27. The van der Waals surface area contributed by atoms with E-state index in [1.54, 1.807) is 38.5 Å². The maximum atomic E-state index is 12.3. The summed E-state index contributed by atoms with van der Waals surface area (Å²) in [5, 5.41) is 12.2. The van der Waals surface area contributed by atoms with Crippen LogP contribution in [-0.4, -0.2) is 25.0 Å². The van der Waals surface area contributed by atoms with Crippen molar-refractivity contribution in [3.05, 3.63) is 76.4 Å². The number of nitriles is 1. The van der Waals surface area contributed by atoms with Gasteiger partial charge in [0.1, 0.15) is 23.3 Å². The number of benzene rings is 3. The minimum Gasteiger partial charge on any atom is -0.496 e. The molecule has 152 valence electrons. The number of amides is 1. The van der Waals surface area contributed by atoms with Crippen molar-refractivity contribution in [3.8, 4) is 17.6 Å². The Morgan fingerprint density at radius 3 is 2.33 bits per heavy atom. The predicted octanol–water partition coefficient (Wildman–Crippen LogP) is 5.42. The number of nitrogens with zero attached hydrogens (tertiary/aromatic N) is 2. The lowest BCUT2D eigenvalue weighted by atomic mass is 10.0. The smallest absolute Gasteiger partial charge is 0.224 e. The van der Waals surface area contributed by atoms with Crippen molar-refractivity contribution in [3.63, 3.8) is 0 Å². The zero-order valence-corrected chi connectivity index (χ0v) is 17.7. The van der Waals surface area contributed by atoms with Crippen molar-refractivity contribution in [1.29, 1.82) is 5.26 Å². The number of fused-ring (bicyclic) bond motifs is 1. The number of hydrogen-bond donors (Lipinski definition) is 0. The predicted molar refractivity (Wildman–Crippen MR) is 118 cm³/mol. The minimum absolute atomic E-state index is 0.202. The highest BCUT2D eigenvalue weighted by atomic mass is 35.5. The Bertz CT molecular complexity index is 1150. The van der Waals surface area contributed by atoms with Gasteiger partial charge in [-0.1, -0.05) is 48.0 Å². The van der Waals surface area contributed by atoms with Gasteiger partial charge in [0.25, 0.3) is 0 Å². The molecule has 0 radical (unpaired) electrons. The molecule has 0 saturated heterocycles. The molecule has 3 aromatic carbocycles. The van der Waals surface area contributed by atoms with E-state index in [1.807, 2.05) is 36.4 Å². The first-order valence-corrected chi connectivity index (χ1v) is 9.64. The molecule has 0 fully saturated rings. The second-order valence-corrected chi connectivity index (χ2v) is 7.06. The normalized spacial score (nSPS) is 11.1. The summed E-state index contributed by atoms with van der Waals surface area (Å²) < 4.78 is 11.2. The summed E-state index contributed by atoms with van der Waals surface area (Å²) in [6.45, 7) is 1.68. The Labute approximate surface area is 180 Å². The summed E-state index contributed by atoms with van der Waals surface area (Å²) in [5.74, 6) is 1.01. The zero-order valence-electron chi connectivity index (χ0n) is 17.0. The molecule has 6 heteroatoms. The van der Waals surface area contributed by atoms with Gasteiger partial charge in [-0.2, -0.15) is 5.26 Å². The fourth-order valence-electron chi connectivity index (χ4n) is 3.30. The third-order valence-corrected chi connectivity index (χ3v) is 4.99. The molecular formula is C24H21ClN2O3. The van der Waals surface area contributed by atoms with E-state index in [4.69, 9.17) is 21.1 Å². The Kier molecular flexibility index (Phi) is 6.61. The van der Waals surface area contributed by atoms with Crippen LogP contribution in [0.1, 0.15) is 18.1 Å². The van der Waals surface area contributed by atoms with Crippen molar-refractivity contribution in [2.75, 3.05) is 14.2 Å². The Morgan fingerprint density at radius 1 is 1.10 bits per heavy atom. The lowest BCUT2D eigenvalue weighted by Gasteiger charge is -2.21. The van der Waals surface area contributed by atoms with E-state index in [1.165, 1.54) is 11.8 Å². The van der Waals surface area contributed by atoms with Crippen LogP contribution in [0.25, 0.3) is 16.8 Å². The topological polar surface area (TPSA) is 62.6 Å². The number of rotatable bonds is 6. The molecule has 0 N–H and O–H groups in total. The van der Waals surface area contributed by atoms with E-state index in [0.717, 1.165) is 16.3 Å². The molecule has 0 bridgehead atoms. The quantitative estimate of drug-likeness (QED) is 0.499. The molecule has 0 unspecified atom stereocenters. The van der Waals surface area contributed by atoms with Crippen LogP contribution >= 0.6 is 11.6 Å². The molecule has 3 rings (SSSR count). The maximum Gasteiger partial charge on any atom is 0.224 e. The number of carbonyl (C=O) groups is 1. The van der Waals surface area contributed by atoms with Gasteiger partial charge in [-0.3, -0.25) is 9.69 Å². The van der Waals surface area contributed by atoms with Crippen LogP contribution in [0.3, 0.4) is 0 Å². The van der Waals surface area contributed by atoms with E-state index in [9.17, 15) is 10.1 Å². The number of halogens is 1. The van der Waals surface area contributed by atoms with E-state index < -0.39 is 0 Å². The second-order valence-electron chi connectivity index (χ2n) is 6.62. The van der Waals surface area contributed by atoms with Crippen LogP contribution in [0.4, 0.5) is 0 Å². The maximum absolute atomic E-state index is 12.3. The average Bonchev–Trinajstić information content (AvgIpc) is 2.76. The molecule has 0 aliphatic rings. The number of carbonyl (C=O) groups excluding carboxylic acids is 1. The van der Waals surface area contributed by atoms with Crippen LogP contribution in [0, 0.1) is 11.3 Å². The lowest BCUT2D eigenvalue weighted by molar-refractivity contribution is -0.127. The molecule has 0 aromatic heterocycles. The second kappa shape index (κ2) is 9.34. The standard InChI is InChI=1S/C24H21ClN2O3/c1-16(28)27(15-17-8-10-19(25)11-9-17)20(14-26)12-18-13-23(29-2)21-6-4-5-7-22(21)24(18)30-3/h4-13H,15H2,1-3H3/b20-12-. The highest BCUT2D eigenvalue weighted by Crippen LogP contribution is 2.38.